The highest BCUT2D eigenvalue weighted by Gasteiger charge is 2.55. The minimum Gasteiger partial charge on any atom is -0.383 e. The van der Waals surface area contributed by atoms with E-state index in [0.29, 0.717) is 32.0 Å². The summed E-state index contributed by atoms with van der Waals surface area (Å²) in [4.78, 5) is 40.8. The Morgan fingerprint density at radius 2 is 2.12 bits per heavy atom. The molecule has 142 valence electrons. The van der Waals surface area contributed by atoms with Gasteiger partial charge in [-0.05, 0) is 24.7 Å². The molecule has 7 nitrogen and oxygen atoms in total. The maximum atomic E-state index is 12.9. The average molecular weight is 353 g/mol. The summed E-state index contributed by atoms with van der Waals surface area (Å²) in [5.41, 5.74) is -0.814. The van der Waals surface area contributed by atoms with Crippen LogP contribution in [0.2, 0.25) is 0 Å². The second kappa shape index (κ2) is 8.17. The molecule has 0 aromatic rings. The van der Waals surface area contributed by atoms with E-state index < -0.39 is 11.6 Å². The number of ether oxygens (including phenoxy) is 1. The Hall–Kier alpha value is -1.63. The summed E-state index contributed by atoms with van der Waals surface area (Å²) in [6, 6.07) is -0.441. The molecule has 2 atom stereocenters. The maximum absolute atomic E-state index is 12.9. The molecule has 2 rings (SSSR count). The van der Waals surface area contributed by atoms with E-state index in [1.807, 2.05) is 20.8 Å². The number of carbonyl (C=O) groups excluding carboxylic acids is 3. The van der Waals surface area contributed by atoms with Gasteiger partial charge in [-0.2, -0.15) is 0 Å². The van der Waals surface area contributed by atoms with E-state index in [1.165, 1.54) is 0 Å². The summed E-state index contributed by atoms with van der Waals surface area (Å²) in [5, 5.41) is 2.89. The van der Waals surface area contributed by atoms with Crippen molar-refractivity contribution in [3.8, 4) is 0 Å². The fourth-order valence-corrected chi connectivity index (χ4v) is 3.83. The molecule has 0 bridgehead atoms. The number of amides is 4. The van der Waals surface area contributed by atoms with Crippen molar-refractivity contribution in [2.24, 2.45) is 11.8 Å². The van der Waals surface area contributed by atoms with Crippen LogP contribution < -0.4 is 5.32 Å². The first-order chi connectivity index (χ1) is 11.8. The molecule has 1 saturated carbocycles. The Bertz CT molecular complexity index is 522. The van der Waals surface area contributed by atoms with Crippen LogP contribution in [0.5, 0.6) is 0 Å². The van der Waals surface area contributed by atoms with E-state index in [9.17, 15) is 14.4 Å². The summed E-state index contributed by atoms with van der Waals surface area (Å²) >= 11 is 0. The Balaban J connectivity index is 2.08. The molecule has 1 heterocycles. The van der Waals surface area contributed by atoms with E-state index in [1.54, 1.807) is 12.0 Å². The van der Waals surface area contributed by atoms with Gasteiger partial charge in [-0.3, -0.25) is 14.5 Å². The molecule has 1 aliphatic heterocycles. The quantitative estimate of drug-likeness (QED) is 0.706. The molecule has 2 fully saturated rings. The third-order valence-corrected chi connectivity index (χ3v) is 5.30. The van der Waals surface area contributed by atoms with Crippen molar-refractivity contribution in [3.05, 3.63) is 0 Å². The van der Waals surface area contributed by atoms with Crippen molar-refractivity contribution in [2.75, 3.05) is 33.4 Å². The largest absolute Gasteiger partial charge is 0.383 e. The minimum absolute atomic E-state index is 0.0954. The molecule has 0 aromatic heterocycles. The lowest BCUT2D eigenvalue weighted by Crippen LogP contribution is -2.54. The van der Waals surface area contributed by atoms with Crippen LogP contribution in [0.3, 0.4) is 0 Å². The summed E-state index contributed by atoms with van der Waals surface area (Å²) in [5.74, 6) is -0.0595. The third kappa shape index (κ3) is 4.14. The number of rotatable bonds is 7. The van der Waals surface area contributed by atoms with E-state index >= 15 is 0 Å². The molecule has 25 heavy (non-hydrogen) atoms. The van der Waals surface area contributed by atoms with E-state index in [2.05, 4.69) is 5.32 Å². The van der Waals surface area contributed by atoms with Crippen LogP contribution in [-0.4, -0.2) is 66.5 Å². The molecular weight excluding hydrogens is 322 g/mol. The Kier molecular flexibility index (Phi) is 6.43. The molecule has 0 aromatic carbocycles. The highest BCUT2D eigenvalue weighted by molar-refractivity contribution is 6.09. The number of urea groups is 1. The van der Waals surface area contributed by atoms with Gasteiger partial charge in [0.2, 0.25) is 5.91 Å². The van der Waals surface area contributed by atoms with Crippen LogP contribution in [0.1, 0.15) is 46.5 Å². The van der Waals surface area contributed by atoms with Crippen molar-refractivity contribution in [1.82, 2.24) is 15.1 Å². The van der Waals surface area contributed by atoms with Gasteiger partial charge in [-0.15, -0.1) is 0 Å². The van der Waals surface area contributed by atoms with Gasteiger partial charge in [0.15, 0.2) is 0 Å². The summed E-state index contributed by atoms with van der Waals surface area (Å²) in [7, 11) is 1.59. The zero-order valence-corrected chi connectivity index (χ0v) is 15.8. The number of hydrogen-bond donors (Lipinski definition) is 1. The van der Waals surface area contributed by atoms with Crippen molar-refractivity contribution < 1.29 is 19.1 Å². The molecule has 1 aliphatic carbocycles. The van der Waals surface area contributed by atoms with Crippen LogP contribution in [0, 0.1) is 11.8 Å². The Morgan fingerprint density at radius 1 is 1.40 bits per heavy atom. The predicted octanol–water partition coefficient (Wildman–Crippen LogP) is 1.62. The minimum atomic E-state index is -0.814. The molecule has 1 spiro atoms. The second-order valence-electron chi connectivity index (χ2n) is 7.67. The van der Waals surface area contributed by atoms with E-state index in [0.717, 1.165) is 24.2 Å². The van der Waals surface area contributed by atoms with Gasteiger partial charge in [-0.25, -0.2) is 4.79 Å². The molecular formula is C18H31N3O4. The van der Waals surface area contributed by atoms with Crippen molar-refractivity contribution in [2.45, 2.75) is 52.0 Å². The number of nitrogens with one attached hydrogen (secondary N) is 1. The molecule has 0 radical (unpaired) electrons. The Morgan fingerprint density at radius 3 is 2.72 bits per heavy atom. The standard InChI is InChI=1S/C18H31N3O4/c1-13(2)11-20(9-10-25-4)15(22)12-21-16(23)18(19-17(21)24)8-6-5-7-14(18)3/h13-14H,5-12H2,1-4H3,(H,19,24). The number of methoxy groups -OCH3 is 1. The zero-order valence-electron chi connectivity index (χ0n) is 15.8. The topological polar surface area (TPSA) is 79.0 Å². The van der Waals surface area contributed by atoms with E-state index in [-0.39, 0.29) is 24.3 Å². The highest BCUT2D eigenvalue weighted by atomic mass is 16.5. The van der Waals surface area contributed by atoms with Gasteiger partial charge in [0, 0.05) is 20.2 Å². The van der Waals surface area contributed by atoms with Gasteiger partial charge in [0.25, 0.3) is 5.91 Å². The molecule has 2 unspecified atom stereocenters. The SMILES string of the molecule is COCCN(CC(C)C)C(=O)CN1C(=O)NC2(CCCCC2C)C1=O. The van der Waals surface area contributed by atoms with E-state index in [4.69, 9.17) is 4.74 Å². The van der Waals surface area contributed by atoms with Crippen LogP contribution in [0.15, 0.2) is 0 Å². The fraction of sp³-hybridized carbons (Fsp3) is 0.833. The molecule has 7 heteroatoms. The number of imide groups is 1. The molecule has 4 amide bonds. The summed E-state index contributed by atoms with van der Waals surface area (Å²) in [6.07, 6.45) is 3.57. The summed E-state index contributed by atoms with van der Waals surface area (Å²) < 4.78 is 5.07. The first kappa shape index (κ1) is 19.7. The maximum Gasteiger partial charge on any atom is 0.325 e. The monoisotopic (exact) mass is 353 g/mol. The van der Waals surface area contributed by atoms with Gasteiger partial charge in [-0.1, -0.05) is 33.6 Å². The Labute approximate surface area is 150 Å². The van der Waals surface area contributed by atoms with Gasteiger partial charge < -0.3 is 15.0 Å². The number of hydrogen-bond acceptors (Lipinski definition) is 4. The highest BCUT2D eigenvalue weighted by Crippen LogP contribution is 2.38. The molecule has 1 saturated heterocycles. The van der Waals surface area contributed by atoms with Crippen LogP contribution in [-0.2, 0) is 14.3 Å². The smallest absolute Gasteiger partial charge is 0.325 e. The van der Waals surface area contributed by atoms with Crippen molar-refractivity contribution >= 4 is 17.8 Å². The van der Waals surface area contributed by atoms with Crippen LogP contribution in [0.25, 0.3) is 0 Å². The first-order valence-corrected chi connectivity index (χ1v) is 9.22. The lowest BCUT2D eigenvalue weighted by molar-refractivity contribution is -0.141. The lowest BCUT2D eigenvalue weighted by atomic mass is 9.73. The normalized spacial score (nSPS) is 26.4. The van der Waals surface area contributed by atoms with Gasteiger partial charge >= 0.3 is 6.03 Å². The third-order valence-electron chi connectivity index (χ3n) is 5.30. The second-order valence-corrected chi connectivity index (χ2v) is 7.67. The average Bonchev–Trinajstić information content (AvgIpc) is 2.79. The number of carbonyl (C=O) groups is 3. The van der Waals surface area contributed by atoms with Crippen LogP contribution in [0.4, 0.5) is 4.79 Å². The van der Waals surface area contributed by atoms with Gasteiger partial charge in [0.05, 0.1) is 6.61 Å². The molecule has 2 aliphatic rings. The molecule has 1 N–H and O–H groups in total. The zero-order chi connectivity index (χ0) is 18.6. The van der Waals surface area contributed by atoms with Gasteiger partial charge in [0.1, 0.15) is 12.1 Å². The fourth-order valence-electron chi connectivity index (χ4n) is 3.83. The summed E-state index contributed by atoms with van der Waals surface area (Å²) in [6.45, 7) is 7.33. The first-order valence-electron chi connectivity index (χ1n) is 9.22. The number of nitrogens with zero attached hydrogens (tertiary/aromatic N) is 2. The van der Waals surface area contributed by atoms with Crippen molar-refractivity contribution in [3.63, 3.8) is 0 Å². The van der Waals surface area contributed by atoms with Crippen molar-refractivity contribution in [1.29, 1.82) is 0 Å². The predicted molar refractivity (Wildman–Crippen MR) is 93.9 cm³/mol. The van der Waals surface area contributed by atoms with Crippen LogP contribution >= 0.6 is 0 Å². The lowest BCUT2D eigenvalue weighted by Gasteiger charge is -2.36.